The Hall–Kier alpha value is -3.50. The number of fused-ring (bicyclic) bond motifs is 1. The molecule has 0 spiro atoms. The molecule has 10 heteroatoms. The molecule has 9 nitrogen and oxygen atoms in total. The molecular weight excluding hydrogens is 474 g/mol. The van der Waals surface area contributed by atoms with Gasteiger partial charge in [-0.1, -0.05) is 6.07 Å². The summed E-state index contributed by atoms with van der Waals surface area (Å²) in [5.74, 6) is 1.22. The van der Waals surface area contributed by atoms with E-state index >= 15 is 0 Å². The number of carbonyl (C=O) groups is 1. The third-order valence-electron chi connectivity index (χ3n) is 6.54. The number of aryl methyl sites for hydroxylation is 1. The van der Waals surface area contributed by atoms with Gasteiger partial charge in [0.05, 0.1) is 39.5 Å². The minimum atomic E-state index is -0.499. The van der Waals surface area contributed by atoms with Crippen molar-refractivity contribution in [2.45, 2.75) is 38.7 Å². The number of amides is 1. The van der Waals surface area contributed by atoms with Crippen LogP contribution in [-0.4, -0.2) is 56.8 Å². The number of carbonyl (C=O) groups excluding carboxylic acids is 1. The number of aromatic nitrogens is 4. The number of ether oxygens (including phenoxy) is 1. The van der Waals surface area contributed by atoms with Crippen LogP contribution < -0.4 is 15.8 Å². The number of benzene rings is 1. The maximum absolute atomic E-state index is 12.2. The molecule has 0 bridgehead atoms. The number of hydrogen-bond acceptors (Lipinski definition) is 8. The molecular formula is C26H31N7O2S. The zero-order valence-electron chi connectivity index (χ0n) is 21.0. The van der Waals surface area contributed by atoms with E-state index in [0.717, 1.165) is 47.8 Å². The summed E-state index contributed by atoms with van der Waals surface area (Å²) in [4.78, 5) is 24.3. The smallest absolute Gasteiger partial charge is 0.259 e. The van der Waals surface area contributed by atoms with E-state index in [1.54, 1.807) is 17.1 Å². The van der Waals surface area contributed by atoms with E-state index in [4.69, 9.17) is 15.5 Å². The second kappa shape index (κ2) is 9.87. The molecule has 0 unspecified atom stereocenters. The lowest BCUT2D eigenvalue weighted by molar-refractivity contribution is 0.100. The van der Waals surface area contributed by atoms with Gasteiger partial charge in [-0.3, -0.25) is 9.48 Å². The van der Waals surface area contributed by atoms with Crippen molar-refractivity contribution in [2.75, 3.05) is 25.5 Å². The summed E-state index contributed by atoms with van der Waals surface area (Å²) in [6.07, 6.45) is 5.71. The van der Waals surface area contributed by atoms with Crippen molar-refractivity contribution >= 4 is 39.1 Å². The molecule has 1 fully saturated rings. The van der Waals surface area contributed by atoms with Crippen LogP contribution in [0.1, 0.15) is 47.8 Å². The third kappa shape index (κ3) is 4.78. The lowest BCUT2D eigenvalue weighted by Gasteiger charge is -2.29. The van der Waals surface area contributed by atoms with Gasteiger partial charge in [-0.25, -0.2) is 9.97 Å². The van der Waals surface area contributed by atoms with Crippen LogP contribution in [0.25, 0.3) is 21.5 Å². The second-order valence-corrected chi connectivity index (χ2v) is 10.6. The number of rotatable bonds is 7. The molecule has 4 heterocycles. The van der Waals surface area contributed by atoms with Gasteiger partial charge in [0.2, 0.25) is 5.95 Å². The average Bonchev–Trinajstić information content (AvgIpc) is 3.43. The predicted octanol–water partition coefficient (Wildman–Crippen LogP) is 4.53. The second-order valence-electron chi connectivity index (χ2n) is 9.54. The normalized spacial score (nSPS) is 15.0. The lowest BCUT2D eigenvalue weighted by atomic mass is 9.89. The Morgan fingerprint density at radius 1 is 1.22 bits per heavy atom. The summed E-state index contributed by atoms with van der Waals surface area (Å²) in [5, 5.41) is 7.59. The Bertz CT molecular complexity index is 1400. The number of nitrogens with zero attached hydrogens (tertiary/aromatic N) is 5. The van der Waals surface area contributed by atoms with Gasteiger partial charge in [-0.2, -0.15) is 5.10 Å². The van der Waals surface area contributed by atoms with Gasteiger partial charge in [0.1, 0.15) is 10.6 Å². The topological polar surface area (TPSA) is 111 Å². The van der Waals surface area contributed by atoms with Crippen LogP contribution in [0, 0.1) is 0 Å². The van der Waals surface area contributed by atoms with Gasteiger partial charge in [0.15, 0.2) is 0 Å². The maximum atomic E-state index is 12.2. The quantitative estimate of drug-likeness (QED) is 0.380. The molecule has 1 aliphatic rings. The largest absolute Gasteiger partial charge is 0.489 e. The molecule has 36 heavy (non-hydrogen) atoms. The van der Waals surface area contributed by atoms with Crippen molar-refractivity contribution < 1.29 is 9.53 Å². The number of piperidine rings is 1. The first kappa shape index (κ1) is 24.2. The van der Waals surface area contributed by atoms with Gasteiger partial charge >= 0.3 is 0 Å². The van der Waals surface area contributed by atoms with E-state index in [-0.39, 0.29) is 6.10 Å². The number of primary amides is 1. The number of nitrogens with two attached hydrogens (primary N) is 1. The SMILES string of the molecule is CC(C)Oc1cc(C2CCN(C)CC2)ccc1Nc1ncc2sc(C(N)=O)c(-c3ccnn3C)c2n1. The predicted molar refractivity (Wildman–Crippen MR) is 143 cm³/mol. The summed E-state index contributed by atoms with van der Waals surface area (Å²) in [6, 6.07) is 8.21. The highest BCUT2D eigenvalue weighted by Crippen LogP contribution is 2.39. The van der Waals surface area contributed by atoms with E-state index in [9.17, 15) is 4.79 Å². The molecule has 0 atom stereocenters. The van der Waals surface area contributed by atoms with Crippen LogP contribution in [0.4, 0.5) is 11.6 Å². The number of thiophene rings is 1. The Morgan fingerprint density at radius 3 is 2.67 bits per heavy atom. The van der Waals surface area contributed by atoms with Crippen molar-refractivity contribution in [3.8, 4) is 17.0 Å². The van der Waals surface area contributed by atoms with Crippen LogP contribution in [0.5, 0.6) is 5.75 Å². The lowest BCUT2D eigenvalue weighted by Crippen LogP contribution is -2.29. The molecule has 0 aliphatic carbocycles. The monoisotopic (exact) mass is 505 g/mol. The molecule has 0 radical (unpaired) electrons. The Kier molecular flexibility index (Phi) is 6.63. The molecule has 1 aromatic carbocycles. The Balaban J connectivity index is 1.51. The molecule has 3 aromatic heterocycles. The summed E-state index contributed by atoms with van der Waals surface area (Å²) >= 11 is 1.29. The van der Waals surface area contributed by atoms with Crippen molar-refractivity contribution in [3.05, 3.63) is 47.1 Å². The van der Waals surface area contributed by atoms with Crippen LogP contribution in [0.15, 0.2) is 36.7 Å². The molecule has 0 saturated carbocycles. The average molecular weight is 506 g/mol. The first-order valence-electron chi connectivity index (χ1n) is 12.1. The van der Waals surface area contributed by atoms with Gasteiger partial charge < -0.3 is 20.7 Å². The Morgan fingerprint density at radius 2 is 2.00 bits per heavy atom. The zero-order chi connectivity index (χ0) is 25.4. The maximum Gasteiger partial charge on any atom is 0.259 e. The van der Waals surface area contributed by atoms with Gasteiger partial charge in [0.25, 0.3) is 5.91 Å². The summed E-state index contributed by atoms with van der Waals surface area (Å²) < 4.78 is 8.68. The molecule has 4 aromatic rings. The van der Waals surface area contributed by atoms with Crippen LogP contribution in [0.2, 0.25) is 0 Å². The zero-order valence-corrected chi connectivity index (χ0v) is 21.8. The number of anilines is 2. The van der Waals surface area contributed by atoms with E-state index in [0.29, 0.717) is 27.8 Å². The number of nitrogens with one attached hydrogen (secondary N) is 1. The standard InChI is InChI=1S/C26H31N7O2S/c1-15(2)35-20-13-17(16-8-11-32(3)12-9-16)5-6-18(20)30-26-28-14-21-23(31-26)22(24(36-21)25(27)34)19-7-10-29-33(19)4/h5-7,10,13-16H,8-9,11-12H2,1-4H3,(H2,27,34)(H,28,30,31). The van der Waals surface area contributed by atoms with Crippen molar-refractivity contribution in [2.24, 2.45) is 12.8 Å². The molecule has 5 rings (SSSR count). The molecule has 1 amide bonds. The van der Waals surface area contributed by atoms with Crippen LogP contribution in [-0.2, 0) is 7.05 Å². The van der Waals surface area contributed by atoms with Crippen molar-refractivity contribution in [1.29, 1.82) is 0 Å². The molecule has 1 saturated heterocycles. The summed E-state index contributed by atoms with van der Waals surface area (Å²) in [7, 11) is 4.00. The fourth-order valence-corrected chi connectivity index (χ4v) is 5.67. The highest BCUT2D eigenvalue weighted by molar-refractivity contribution is 7.21. The summed E-state index contributed by atoms with van der Waals surface area (Å²) in [6.45, 7) is 6.24. The third-order valence-corrected chi connectivity index (χ3v) is 7.66. The Labute approximate surface area is 214 Å². The van der Waals surface area contributed by atoms with E-state index in [1.807, 2.05) is 33.0 Å². The number of hydrogen-bond donors (Lipinski definition) is 2. The minimum Gasteiger partial charge on any atom is -0.489 e. The molecule has 1 aliphatic heterocycles. The van der Waals surface area contributed by atoms with E-state index in [1.165, 1.54) is 16.9 Å². The fourth-order valence-electron chi connectivity index (χ4n) is 4.69. The van der Waals surface area contributed by atoms with Gasteiger partial charge in [-0.05, 0) is 76.5 Å². The minimum absolute atomic E-state index is 0.0214. The fraction of sp³-hybridized carbons (Fsp3) is 0.385. The first-order chi connectivity index (χ1) is 17.3. The van der Waals surface area contributed by atoms with Crippen molar-refractivity contribution in [3.63, 3.8) is 0 Å². The highest BCUT2D eigenvalue weighted by atomic mass is 32.1. The van der Waals surface area contributed by atoms with Gasteiger partial charge in [-0.15, -0.1) is 11.3 Å². The van der Waals surface area contributed by atoms with Crippen molar-refractivity contribution in [1.82, 2.24) is 24.6 Å². The first-order valence-corrected chi connectivity index (χ1v) is 13.0. The van der Waals surface area contributed by atoms with E-state index < -0.39 is 5.91 Å². The van der Waals surface area contributed by atoms with Gasteiger partial charge in [0, 0.05) is 13.2 Å². The van der Waals surface area contributed by atoms with Crippen LogP contribution >= 0.6 is 11.3 Å². The van der Waals surface area contributed by atoms with Crippen LogP contribution in [0.3, 0.4) is 0 Å². The number of likely N-dealkylation sites (tertiary alicyclic amines) is 1. The highest BCUT2D eigenvalue weighted by Gasteiger charge is 2.23. The molecule has 3 N–H and O–H groups in total. The summed E-state index contributed by atoms with van der Waals surface area (Å²) in [5.41, 5.74) is 9.89. The molecule has 188 valence electrons. The van der Waals surface area contributed by atoms with E-state index in [2.05, 4.69) is 39.5 Å².